The summed E-state index contributed by atoms with van der Waals surface area (Å²) < 4.78 is 31.6. The van der Waals surface area contributed by atoms with E-state index in [0.29, 0.717) is 12.2 Å². The molecule has 1 fully saturated rings. The predicted octanol–water partition coefficient (Wildman–Crippen LogP) is 5.31. The molecule has 3 aromatic rings. The number of anilines is 1. The minimum atomic E-state index is -0.590. The van der Waals surface area contributed by atoms with Gasteiger partial charge in [0, 0.05) is 60.1 Å². The van der Waals surface area contributed by atoms with Crippen molar-refractivity contribution in [1.29, 1.82) is 0 Å². The summed E-state index contributed by atoms with van der Waals surface area (Å²) >= 11 is 0. The van der Waals surface area contributed by atoms with Crippen LogP contribution < -0.4 is 5.32 Å². The summed E-state index contributed by atoms with van der Waals surface area (Å²) in [6.07, 6.45) is 3.12. The SMILES string of the molecule is CCCCN1CC(Nc2cc(F)c([C@@H]3c4[nH]c5ccccc5c4C[C@@H](C)N3C[C@@H](C)CO)c(F)c2)C1. The van der Waals surface area contributed by atoms with Gasteiger partial charge in [0.25, 0.3) is 0 Å². The van der Waals surface area contributed by atoms with E-state index in [4.69, 9.17) is 0 Å². The number of hydrogen-bond donors (Lipinski definition) is 3. The summed E-state index contributed by atoms with van der Waals surface area (Å²) in [6, 6.07) is 10.6. The molecular weight excluding hydrogens is 458 g/mol. The maximum Gasteiger partial charge on any atom is 0.133 e. The van der Waals surface area contributed by atoms with E-state index in [2.05, 4.69) is 40.0 Å². The molecule has 0 saturated carbocycles. The van der Waals surface area contributed by atoms with E-state index in [1.165, 1.54) is 25.0 Å². The summed E-state index contributed by atoms with van der Waals surface area (Å²) in [4.78, 5) is 8.00. The maximum absolute atomic E-state index is 15.8. The van der Waals surface area contributed by atoms with Crippen LogP contribution in [0.15, 0.2) is 36.4 Å². The molecule has 194 valence electrons. The highest BCUT2D eigenvalue weighted by molar-refractivity contribution is 5.85. The van der Waals surface area contributed by atoms with Gasteiger partial charge in [-0.2, -0.15) is 0 Å². The second kappa shape index (κ2) is 10.5. The summed E-state index contributed by atoms with van der Waals surface area (Å²) in [5, 5.41) is 14.2. The fraction of sp³-hybridized carbons (Fsp3) is 0.517. The topological polar surface area (TPSA) is 54.5 Å². The van der Waals surface area contributed by atoms with Crippen LogP contribution in [-0.2, 0) is 6.42 Å². The Morgan fingerprint density at radius 3 is 2.58 bits per heavy atom. The third-order valence-electron chi connectivity index (χ3n) is 7.86. The van der Waals surface area contributed by atoms with Gasteiger partial charge in [-0.3, -0.25) is 9.80 Å². The first-order valence-corrected chi connectivity index (χ1v) is 13.3. The van der Waals surface area contributed by atoms with E-state index in [1.807, 2.05) is 25.1 Å². The molecule has 0 unspecified atom stereocenters. The normalized spacial score (nSPS) is 21.9. The highest BCUT2D eigenvalue weighted by Crippen LogP contribution is 2.43. The monoisotopic (exact) mass is 496 g/mol. The number of aromatic amines is 1. The summed E-state index contributed by atoms with van der Waals surface area (Å²) in [5.74, 6) is -1.09. The number of para-hydroxylation sites is 1. The first-order valence-electron chi connectivity index (χ1n) is 13.3. The standard InChI is InChI=1S/C29H38F2N4O/c1-4-5-10-34-15-21(16-34)32-20-12-24(30)27(25(31)13-20)29-28-23(22-8-6-7-9-26(22)33-28)11-19(3)35(29)14-18(2)17-36/h6-9,12-13,18-19,21,29,32-33,36H,4-5,10-11,14-17H2,1-3H3/t18-,19-,29-/m1/s1. The molecule has 0 radical (unpaired) electrons. The Morgan fingerprint density at radius 2 is 1.89 bits per heavy atom. The molecule has 3 N–H and O–H groups in total. The molecule has 2 aliphatic heterocycles. The average Bonchev–Trinajstić information content (AvgIpc) is 3.19. The Morgan fingerprint density at radius 1 is 1.17 bits per heavy atom. The molecule has 0 spiro atoms. The van der Waals surface area contributed by atoms with Crippen LogP contribution in [0, 0.1) is 17.6 Å². The summed E-state index contributed by atoms with van der Waals surface area (Å²) in [7, 11) is 0. The zero-order valence-electron chi connectivity index (χ0n) is 21.5. The molecule has 2 aromatic carbocycles. The van der Waals surface area contributed by atoms with Crippen LogP contribution in [0.5, 0.6) is 0 Å². The number of hydrogen-bond acceptors (Lipinski definition) is 4. The minimum absolute atomic E-state index is 0.0118. The van der Waals surface area contributed by atoms with Gasteiger partial charge in [-0.1, -0.05) is 38.5 Å². The van der Waals surface area contributed by atoms with Gasteiger partial charge in [-0.05, 0) is 56.0 Å². The fourth-order valence-electron chi connectivity index (χ4n) is 5.91. The van der Waals surface area contributed by atoms with Gasteiger partial charge < -0.3 is 15.4 Å². The molecule has 7 heteroatoms. The highest BCUT2D eigenvalue weighted by Gasteiger charge is 2.39. The Bertz CT molecular complexity index is 1180. The Labute approximate surface area is 212 Å². The average molecular weight is 497 g/mol. The zero-order valence-corrected chi connectivity index (χ0v) is 21.5. The minimum Gasteiger partial charge on any atom is -0.396 e. The van der Waals surface area contributed by atoms with Gasteiger partial charge in [0.2, 0.25) is 0 Å². The van der Waals surface area contributed by atoms with Gasteiger partial charge in [0.15, 0.2) is 0 Å². The van der Waals surface area contributed by atoms with E-state index in [-0.39, 0.29) is 30.2 Å². The van der Waals surface area contributed by atoms with Crippen molar-refractivity contribution in [3.05, 3.63) is 64.9 Å². The predicted molar refractivity (Wildman–Crippen MR) is 141 cm³/mol. The number of fused-ring (bicyclic) bond motifs is 3. The highest BCUT2D eigenvalue weighted by atomic mass is 19.1. The quantitative estimate of drug-likeness (QED) is 0.376. The zero-order chi connectivity index (χ0) is 25.4. The summed E-state index contributed by atoms with van der Waals surface area (Å²) in [6.45, 7) is 9.70. The maximum atomic E-state index is 15.8. The van der Waals surface area contributed by atoms with Gasteiger partial charge >= 0.3 is 0 Å². The number of aliphatic hydroxyl groups excluding tert-OH is 1. The number of likely N-dealkylation sites (tertiary alicyclic amines) is 1. The number of nitrogens with zero attached hydrogens (tertiary/aromatic N) is 2. The van der Waals surface area contributed by atoms with Crippen molar-refractivity contribution in [3.8, 4) is 0 Å². The molecule has 0 bridgehead atoms. The molecular formula is C29H38F2N4O. The molecule has 1 aromatic heterocycles. The second-order valence-electron chi connectivity index (χ2n) is 10.8. The third-order valence-corrected chi connectivity index (χ3v) is 7.86. The van der Waals surface area contributed by atoms with E-state index >= 15 is 8.78 Å². The van der Waals surface area contributed by atoms with Gasteiger partial charge in [0.1, 0.15) is 11.6 Å². The van der Waals surface area contributed by atoms with Crippen molar-refractivity contribution in [2.45, 2.75) is 58.2 Å². The van der Waals surface area contributed by atoms with Crippen LogP contribution in [-0.4, -0.2) is 64.8 Å². The van der Waals surface area contributed by atoms with E-state index in [9.17, 15) is 5.11 Å². The largest absolute Gasteiger partial charge is 0.396 e. The number of benzene rings is 2. The van der Waals surface area contributed by atoms with Gasteiger partial charge in [0.05, 0.1) is 12.1 Å². The molecule has 3 atom stereocenters. The van der Waals surface area contributed by atoms with Crippen molar-refractivity contribution in [2.75, 3.05) is 38.1 Å². The number of halogens is 2. The molecule has 2 aliphatic rings. The number of aromatic nitrogens is 1. The lowest BCUT2D eigenvalue weighted by Crippen LogP contribution is -2.54. The van der Waals surface area contributed by atoms with E-state index in [1.54, 1.807) is 0 Å². The number of rotatable bonds is 9. The number of H-pyrrole nitrogens is 1. The first-order chi connectivity index (χ1) is 17.4. The Kier molecular flexibility index (Phi) is 7.33. The molecule has 0 aliphatic carbocycles. The molecule has 5 rings (SSSR count). The van der Waals surface area contributed by atoms with Crippen LogP contribution in [0.3, 0.4) is 0 Å². The second-order valence-corrected chi connectivity index (χ2v) is 10.8. The van der Waals surface area contributed by atoms with Crippen LogP contribution in [0.25, 0.3) is 10.9 Å². The smallest absolute Gasteiger partial charge is 0.133 e. The lowest BCUT2D eigenvalue weighted by atomic mass is 9.87. The van der Waals surface area contributed by atoms with E-state index in [0.717, 1.165) is 48.2 Å². The Balaban J connectivity index is 1.48. The molecule has 1 saturated heterocycles. The van der Waals surface area contributed by atoms with Crippen molar-refractivity contribution in [2.24, 2.45) is 5.92 Å². The number of unbranched alkanes of at least 4 members (excludes halogenated alkanes) is 1. The lowest BCUT2D eigenvalue weighted by molar-refractivity contribution is 0.101. The lowest BCUT2D eigenvalue weighted by Gasteiger charge is -2.42. The first kappa shape index (κ1) is 25.2. The molecule has 0 amide bonds. The van der Waals surface area contributed by atoms with E-state index < -0.39 is 17.7 Å². The number of nitrogens with one attached hydrogen (secondary N) is 2. The van der Waals surface area contributed by atoms with Crippen molar-refractivity contribution in [3.63, 3.8) is 0 Å². The van der Waals surface area contributed by atoms with Crippen LogP contribution in [0.4, 0.5) is 14.5 Å². The fourth-order valence-corrected chi connectivity index (χ4v) is 5.91. The van der Waals surface area contributed by atoms with Crippen LogP contribution in [0.1, 0.15) is 56.5 Å². The van der Waals surface area contributed by atoms with Gasteiger partial charge in [-0.25, -0.2) is 8.78 Å². The number of aliphatic hydroxyl groups is 1. The van der Waals surface area contributed by atoms with Crippen molar-refractivity contribution in [1.82, 2.24) is 14.8 Å². The third kappa shape index (κ3) is 4.76. The van der Waals surface area contributed by atoms with Gasteiger partial charge in [-0.15, -0.1) is 0 Å². The molecule has 5 nitrogen and oxygen atoms in total. The van der Waals surface area contributed by atoms with Crippen molar-refractivity contribution >= 4 is 16.6 Å². The summed E-state index contributed by atoms with van der Waals surface area (Å²) in [5.41, 5.74) is 3.52. The Hall–Kier alpha value is -2.48. The molecule has 3 heterocycles. The van der Waals surface area contributed by atoms with Crippen LogP contribution in [0.2, 0.25) is 0 Å². The van der Waals surface area contributed by atoms with Crippen molar-refractivity contribution < 1.29 is 13.9 Å². The molecule has 36 heavy (non-hydrogen) atoms. The van der Waals surface area contributed by atoms with Crippen LogP contribution >= 0.6 is 0 Å².